The fourth-order valence-corrected chi connectivity index (χ4v) is 2.32. The molecule has 3 aromatic rings. The molecule has 0 radical (unpaired) electrons. The molecule has 0 fully saturated rings. The molecule has 0 aliphatic heterocycles. The summed E-state index contributed by atoms with van der Waals surface area (Å²) >= 11 is 5.90. The van der Waals surface area contributed by atoms with Gasteiger partial charge in [0.25, 0.3) is 0 Å². The van der Waals surface area contributed by atoms with E-state index in [9.17, 15) is 5.26 Å². The van der Waals surface area contributed by atoms with Crippen molar-refractivity contribution in [1.82, 2.24) is 15.0 Å². The lowest BCUT2D eigenvalue weighted by molar-refractivity contribution is 0.572. The molecule has 0 spiro atoms. The highest BCUT2D eigenvalue weighted by Crippen LogP contribution is 2.26. The molecular formula is C18H15ClN6O. The minimum Gasteiger partial charge on any atom is -0.457 e. The highest BCUT2D eigenvalue weighted by Gasteiger charge is 2.12. The average Bonchev–Trinajstić information content (AvgIpc) is 3.08. The lowest BCUT2D eigenvalue weighted by atomic mass is 10.2. The zero-order chi connectivity index (χ0) is 18.7. The van der Waals surface area contributed by atoms with E-state index in [1.165, 1.54) is 0 Å². The molecule has 26 heavy (non-hydrogen) atoms. The maximum Gasteiger partial charge on any atom is 0.230 e. The molecule has 2 heterocycles. The summed E-state index contributed by atoms with van der Waals surface area (Å²) in [5.41, 5.74) is 6.82. The van der Waals surface area contributed by atoms with E-state index in [-0.39, 0.29) is 17.3 Å². The number of aromatic nitrogens is 3. The van der Waals surface area contributed by atoms with E-state index in [2.05, 4.69) is 21.0 Å². The van der Waals surface area contributed by atoms with Crippen LogP contribution >= 0.6 is 11.6 Å². The Morgan fingerprint density at radius 2 is 1.88 bits per heavy atom. The average molecular weight is 367 g/mol. The summed E-state index contributed by atoms with van der Waals surface area (Å²) in [4.78, 5) is 14.0. The van der Waals surface area contributed by atoms with Gasteiger partial charge in [0, 0.05) is 30.8 Å². The Morgan fingerprint density at radius 1 is 1.15 bits per heavy atom. The van der Waals surface area contributed by atoms with E-state index in [1.54, 1.807) is 43.3 Å². The van der Waals surface area contributed by atoms with E-state index in [0.717, 1.165) is 5.56 Å². The molecule has 130 valence electrons. The number of benzene rings is 1. The number of rotatable bonds is 4. The fraction of sp³-hybridized carbons (Fsp3) is 0.111. The van der Waals surface area contributed by atoms with Crippen molar-refractivity contribution in [2.45, 2.75) is 0 Å². The number of halogens is 1. The molecule has 8 heteroatoms. The van der Waals surface area contributed by atoms with Gasteiger partial charge in [-0.15, -0.1) is 0 Å². The van der Waals surface area contributed by atoms with Crippen LogP contribution in [0.5, 0.6) is 0 Å². The van der Waals surface area contributed by atoms with Crippen LogP contribution in [0.4, 0.5) is 11.9 Å². The number of nitrogens with zero attached hydrogens (tertiary/aromatic N) is 5. The first-order valence-corrected chi connectivity index (χ1v) is 8.01. The number of nitrogen functional groups attached to an aromatic ring is 1. The second-order valence-electron chi connectivity index (χ2n) is 5.59. The van der Waals surface area contributed by atoms with Crippen LogP contribution in [-0.4, -0.2) is 29.0 Å². The molecule has 0 atom stereocenters. The van der Waals surface area contributed by atoms with Gasteiger partial charge < -0.3 is 15.1 Å². The monoisotopic (exact) mass is 366 g/mol. The predicted octanol–water partition coefficient (Wildman–Crippen LogP) is 3.50. The van der Waals surface area contributed by atoms with E-state index in [4.69, 9.17) is 21.8 Å². The first-order valence-electron chi connectivity index (χ1n) is 7.63. The molecule has 2 N–H and O–H groups in total. The molecule has 0 unspecified atom stereocenters. The molecular weight excluding hydrogens is 352 g/mol. The Hall–Kier alpha value is -3.37. The number of nitriles is 1. The van der Waals surface area contributed by atoms with Crippen LogP contribution in [0.2, 0.25) is 5.02 Å². The number of nitrogens with two attached hydrogens (primary N) is 1. The lowest BCUT2D eigenvalue weighted by Gasteiger charge is -2.10. The summed E-state index contributed by atoms with van der Waals surface area (Å²) in [5, 5.41) is 10.1. The number of hydrogen-bond donors (Lipinski definition) is 1. The lowest BCUT2D eigenvalue weighted by Crippen LogP contribution is -2.15. The van der Waals surface area contributed by atoms with E-state index in [1.807, 2.05) is 18.2 Å². The van der Waals surface area contributed by atoms with Gasteiger partial charge in [-0.25, -0.2) is 0 Å². The standard InChI is InChI=1S/C18H15ClN6O/c1-25(2)18-23-16(22-17(21)24-18)12(10-20)9-14-7-8-15(26-14)11-3-5-13(19)6-4-11/h3-9H,1-2H3,(H2,21,22,23,24)/b12-9+. The topological polar surface area (TPSA) is 105 Å². The number of allylic oxidation sites excluding steroid dienone is 1. The summed E-state index contributed by atoms with van der Waals surface area (Å²) in [6.07, 6.45) is 1.56. The van der Waals surface area contributed by atoms with E-state index >= 15 is 0 Å². The van der Waals surface area contributed by atoms with Crippen LogP contribution in [0, 0.1) is 11.3 Å². The third-order valence-electron chi connectivity index (χ3n) is 3.44. The molecule has 0 saturated heterocycles. The van der Waals surface area contributed by atoms with Crippen LogP contribution in [0.25, 0.3) is 23.0 Å². The minimum atomic E-state index is 0.0427. The van der Waals surface area contributed by atoms with Gasteiger partial charge in [-0.1, -0.05) is 11.6 Å². The molecule has 7 nitrogen and oxygen atoms in total. The summed E-state index contributed by atoms with van der Waals surface area (Å²) in [7, 11) is 3.55. The van der Waals surface area contributed by atoms with Crippen molar-refractivity contribution >= 4 is 35.1 Å². The third-order valence-corrected chi connectivity index (χ3v) is 3.70. The molecule has 2 aromatic heterocycles. The zero-order valence-corrected chi connectivity index (χ0v) is 14.9. The van der Waals surface area contributed by atoms with Crippen LogP contribution in [0.1, 0.15) is 11.6 Å². The molecule has 0 bridgehead atoms. The third kappa shape index (κ3) is 3.82. The molecule has 0 aliphatic carbocycles. The fourth-order valence-electron chi connectivity index (χ4n) is 2.19. The van der Waals surface area contributed by atoms with Gasteiger partial charge in [0.1, 0.15) is 23.2 Å². The predicted molar refractivity (Wildman–Crippen MR) is 101 cm³/mol. The van der Waals surface area contributed by atoms with E-state index < -0.39 is 0 Å². The maximum atomic E-state index is 9.49. The second kappa shape index (κ2) is 7.25. The molecule has 3 rings (SSSR count). The summed E-state index contributed by atoms with van der Waals surface area (Å²) in [5.74, 6) is 1.76. The maximum absolute atomic E-state index is 9.49. The first kappa shape index (κ1) is 17.5. The smallest absolute Gasteiger partial charge is 0.230 e. The summed E-state index contributed by atoms with van der Waals surface area (Å²) in [6.45, 7) is 0. The largest absolute Gasteiger partial charge is 0.457 e. The van der Waals surface area contributed by atoms with Crippen molar-refractivity contribution in [3.8, 4) is 17.4 Å². The van der Waals surface area contributed by atoms with Gasteiger partial charge in [0.2, 0.25) is 11.9 Å². The van der Waals surface area contributed by atoms with Crippen molar-refractivity contribution in [1.29, 1.82) is 5.26 Å². The van der Waals surface area contributed by atoms with Crippen molar-refractivity contribution in [2.24, 2.45) is 0 Å². The van der Waals surface area contributed by atoms with Gasteiger partial charge in [-0.3, -0.25) is 0 Å². The van der Waals surface area contributed by atoms with Gasteiger partial charge in [0.05, 0.1) is 0 Å². The van der Waals surface area contributed by atoms with Crippen molar-refractivity contribution in [2.75, 3.05) is 24.7 Å². The Balaban J connectivity index is 1.96. The molecule has 0 amide bonds. The van der Waals surface area contributed by atoms with Crippen LogP contribution < -0.4 is 10.6 Å². The van der Waals surface area contributed by atoms with E-state index in [0.29, 0.717) is 22.5 Å². The Morgan fingerprint density at radius 3 is 2.54 bits per heavy atom. The van der Waals surface area contributed by atoms with Crippen molar-refractivity contribution in [3.05, 3.63) is 53.0 Å². The minimum absolute atomic E-state index is 0.0427. The highest BCUT2D eigenvalue weighted by atomic mass is 35.5. The van der Waals surface area contributed by atoms with Gasteiger partial charge >= 0.3 is 0 Å². The number of furan rings is 1. The van der Waals surface area contributed by atoms with Crippen molar-refractivity contribution < 1.29 is 4.42 Å². The molecule has 0 aliphatic rings. The summed E-state index contributed by atoms with van der Waals surface area (Å²) in [6, 6.07) is 12.9. The van der Waals surface area contributed by atoms with Gasteiger partial charge in [0.15, 0.2) is 5.82 Å². The molecule has 1 aromatic carbocycles. The zero-order valence-electron chi connectivity index (χ0n) is 14.1. The number of hydrogen-bond acceptors (Lipinski definition) is 7. The van der Waals surface area contributed by atoms with Crippen molar-refractivity contribution in [3.63, 3.8) is 0 Å². The van der Waals surface area contributed by atoms with Gasteiger partial charge in [-0.2, -0.15) is 20.2 Å². The van der Waals surface area contributed by atoms with Gasteiger partial charge in [-0.05, 0) is 36.4 Å². The highest BCUT2D eigenvalue weighted by molar-refractivity contribution is 6.30. The SMILES string of the molecule is CN(C)c1nc(N)nc(/C(C#N)=C/c2ccc(-c3ccc(Cl)cc3)o2)n1. The normalized spacial score (nSPS) is 11.2. The first-order chi connectivity index (χ1) is 12.5. The Bertz CT molecular complexity index is 1000. The summed E-state index contributed by atoms with van der Waals surface area (Å²) < 4.78 is 5.79. The second-order valence-corrected chi connectivity index (χ2v) is 6.03. The van der Waals surface area contributed by atoms with Crippen LogP contribution in [0.15, 0.2) is 40.8 Å². The Kier molecular flexibility index (Phi) is 4.87. The Labute approximate surface area is 155 Å². The van der Waals surface area contributed by atoms with Crippen LogP contribution in [0.3, 0.4) is 0 Å². The quantitative estimate of drug-likeness (QED) is 0.704. The number of anilines is 2. The molecule has 0 saturated carbocycles. The van der Waals surface area contributed by atoms with Crippen LogP contribution in [-0.2, 0) is 0 Å².